The molecule has 2 aromatic heterocycles. The second-order valence-electron chi connectivity index (χ2n) is 6.25. The number of hydrogen-bond acceptors (Lipinski definition) is 6. The number of hydrogen-bond donors (Lipinski definition) is 0. The molecule has 2 heterocycles. The average molecular weight is 371 g/mol. The minimum atomic E-state index is -0.503. The maximum atomic E-state index is 11.9. The fourth-order valence-corrected chi connectivity index (χ4v) is 2.64. The summed E-state index contributed by atoms with van der Waals surface area (Å²) in [6.07, 6.45) is 2.95. The van der Waals surface area contributed by atoms with E-state index in [0.29, 0.717) is 17.4 Å². The zero-order valence-electron chi connectivity index (χ0n) is 15.2. The van der Waals surface area contributed by atoms with Crippen molar-refractivity contribution in [2.24, 2.45) is 0 Å². The van der Waals surface area contributed by atoms with Crippen molar-refractivity contribution < 1.29 is 14.1 Å². The molecular weight excluding hydrogens is 354 g/mol. The SMILES string of the molecule is Cc1ccc(-c2nc(COC(=O)/C=C/c3ccc4ccccc4n3)no2)cc1. The highest BCUT2D eigenvalue weighted by atomic mass is 16.5. The van der Waals surface area contributed by atoms with Crippen LogP contribution in [0.4, 0.5) is 0 Å². The zero-order chi connectivity index (χ0) is 19.3. The third-order valence-electron chi connectivity index (χ3n) is 4.12. The lowest BCUT2D eigenvalue weighted by Crippen LogP contribution is -2.02. The summed E-state index contributed by atoms with van der Waals surface area (Å²) in [4.78, 5) is 20.7. The highest BCUT2D eigenvalue weighted by Crippen LogP contribution is 2.18. The van der Waals surface area contributed by atoms with Gasteiger partial charge >= 0.3 is 5.97 Å². The fourth-order valence-electron chi connectivity index (χ4n) is 2.64. The minimum absolute atomic E-state index is 0.0658. The van der Waals surface area contributed by atoms with E-state index in [1.165, 1.54) is 6.08 Å². The molecule has 0 spiro atoms. The van der Waals surface area contributed by atoms with E-state index >= 15 is 0 Å². The van der Waals surface area contributed by atoms with E-state index in [1.807, 2.05) is 67.6 Å². The van der Waals surface area contributed by atoms with Crippen LogP contribution in [0.3, 0.4) is 0 Å². The quantitative estimate of drug-likeness (QED) is 0.383. The number of para-hydroxylation sites is 1. The molecule has 0 saturated heterocycles. The van der Waals surface area contributed by atoms with Gasteiger partial charge in [-0.3, -0.25) is 0 Å². The maximum Gasteiger partial charge on any atom is 0.331 e. The highest BCUT2D eigenvalue weighted by Gasteiger charge is 2.10. The smallest absolute Gasteiger partial charge is 0.331 e. The zero-order valence-corrected chi connectivity index (χ0v) is 15.2. The number of ether oxygens (including phenoxy) is 1. The summed E-state index contributed by atoms with van der Waals surface area (Å²) in [5, 5.41) is 4.88. The molecule has 0 radical (unpaired) electrons. The number of nitrogens with zero attached hydrogens (tertiary/aromatic N) is 3. The van der Waals surface area contributed by atoms with Crippen molar-refractivity contribution in [3.05, 3.63) is 83.8 Å². The normalized spacial score (nSPS) is 11.2. The van der Waals surface area contributed by atoms with E-state index < -0.39 is 5.97 Å². The predicted octanol–water partition coefficient (Wildman–Crippen LogP) is 4.35. The molecule has 0 N–H and O–H groups in total. The molecular formula is C22H17N3O3. The van der Waals surface area contributed by atoms with Crippen LogP contribution < -0.4 is 0 Å². The number of benzene rings is 2. The Morgan fingerprint density at radius 2 is 1.86 bits per heavy atom. The number of pyridine rings is 1. The first kappa shape index (κ1) is 17.6. The Balaban J connectivity index is 1.36. The van der Waals surface area contributed by atoms with Crippen LogP contribution in [0.1, 0.15) is 17.1 Å². The van der Waals surface area contributed by atoms with Gasteiger partial charge in [-0.25, -0.2) is 9.78 Å². The van der Waals surface area contributed by atoms with E-state index in [2.05, 4.69) is 15.1 Å². The van der Waals surface area contributed by atoms with Gasteiger partial charge in [0.2, 0.25) is 5.82 Å². The largest absolute Gasteiger partial charge is 0.454 e. The molecule has 0 aliphatic carbocycles. The van der Waals surface area contributed by atoms with E-state index in [0.717, 1.165) is 22.0 Å². The van der Waals surface area contributed by atoms with Gasteiger partial charge in [-0.15, -0.1) is 0 Å². The lowest BCUT2D eigenvalue weighted by atomic mass is 10.1. The molecule has 2 aromatic carbocycles. The first-order chi connectivity index (χ1) is 13.7. The molecule has 0 atom stereocenters. The summed E-state index contributed by atoms with van der Waals surface area (Å²) in [5.41, 5.74) is 3.51. The molecule has 4 rings (SSSR count). The van der Waals surface area contributed by atoms with Crippen LogP contribution in [0, 0.1) is 6.92 Å². The molecule has 0 bridgehead atoms. The third kappa shape index (κ3) is 4.12. The lowest BCUT2D eigenvalue weighted by molar-refractivity contribution is -0.139. The van der Waals surface area contributed by atoms with Gasteiger partial charge in [0, 0.05) is 17.0 Å². The molecule has 4 aromatic rings. The Labute approximate surface area is 161 Å². The summed E-state index contributed by atoms with van der Waals surface area (Å²) >= 11 is 0. The number of carbonyl (C=O) groups is 1. The van der Waals surface area contributed by atoms with E-state index in [9.17, 15) is 4.79 Å². The van der Waals surface area contributed by atoms with Crippen LogP contribution in [0.2, 0.25) is 0 Å². The Bertz CT molecular complexity index is 1150. The summed E-state index contributed by atoms with van der Waals surface area (Å²) < 4.78 is 10.4. The Morgan fingerprint density at radius 3 is 2.71 bits per heavy atom. The molecule has 138 valence electrons. The Kier molecular flexibility index (Phi) is 4.93. The molecule has 0 aliphatic rings. The van der Waals surface area contributed by atoms with Crippen LogP contribution in [0.15, 0.2) is 71.3 Å². The van der Waals surface area contributed by atoms with Gasteiger partial charge in [0.05, 0.1) is 11.2 Å². The molecule has 6 nitrogen and oxygen atoms in total. The first-order valence-corrected chi connectivity index (χ1v) is 8.78. The van der Waals surface area contributed by atoms with Gasteiger partial charge in [-0.2, -0.15) is 4.98 Å². The Hall–Kier alpha value is -3.80. The third-order valence-corrected chi connectivity index (χ3v) is 4.12. The van der Waals surface area contributed by atoms with Gasteiger partial charge in [0.1, 0.15) is 0 Å². The predicted molar refractivity (Wildman–Crippen MR) is 105 cm³/mol. The van der Waals surface area contributed by atoms with Crippen LogP contribution in [-0.2, 0) is 16.1 Å². The summed E-state index contributed by atoms with van der Waals surface area (Å²) in [5.74, 6) is 0.194. The molecule has 28 heavy (non-hydrogen) atoms. The number of aromatic nitrogens is 3. The van der Waals surface area contributed by atoms with Crippen molar-refractivity contribution in [1.82, 2.24) is 15.1 Å². The van der Waals surface area contributed by atoms with Crippen LogP contribution >= 0.6 is 0 Å². The number of carbonyl (C=O) groups excluding carboxylic acids is 1. The monoisotopic (exact) mass is 371 g/mol. The lowest BCUT2D eigenvalue weighted by Gasteiger charge is -1.99. The molecule has 0 fully saturated rings. The standard InChI is InChI=1S/C22H17N3O3/c1-15-6-8-17(9-7-15)22-24-20(25-28-22)14-27-21(26)13-12-18-11-10-16-4-2-3-5-19(16)23-18/h2-13H,14H2,1H3/b13-12+. The molecule has 0 amide bonds. The maximum absolute atomic E-state index is 11.9. The van der Waals surface area contributed by atoms with Crippen molar-refractivity contribution in [1.29, 1.82) is 0 Å². The highest BCUT2D eigenvalue weighted by molar-refractivity contribution is 5.87. The van der Waals surface area contributed by atoms with Gasteiger partial charge in [0.15, 0.2) is 6.61 Å². The number of rotatable bonds is 5. The summed E-state index contributed by atoms with van der Waals surface area (Å²) in [6.45, 7) is 1.94. The summed E-state index contributed by atoms with van der Waals surface area (Å²) in [7, 11) is 0. The van der Waals surface area contributed by atoms with Crippen LogP contribution in [0.5, 0.6) is 0 Å². The fraction of sp³-hybridized carbons (Fsp3) is 0.0909. The van der Waals surface area contributed by atoms with Crippen molar-refractivity contribution in [3.8, 4) is 11.5 Å². The number of esters is 1. The van der Waals surface area contributed by atoms with Crippen LogP contribution in [0.25, 0.3) is 28.4 Å². The van der Waals surface area contributed by atoms with Crippen molar-refractivity contribution in [3.63, 3.8) is 0 Å². The topological polar surface area (TPSA) is 78.1 Å². The second kappa shape index (κ2) is 7.84. The second-order valence-corrected chi connectivity index (χ2v) is 6.25. The average Bonchev–Trinajstić information content (AvgIpc) is 3.20. The molecule has 0 saturated carbocycles. The first-order valence-electron chi connectivity index (χ1n) is 8.78. The number of fused-ring (bicyclic) bond motifs is 1. The van der Waals surface area contributed by atoms with E-state index in [1.54, 1.807) is 6.08 Å². The van der Waals surface area contributed by atoms with Gasteiger partial charge in [0.25, 0.3) is 5.89 Å². The van der Waals surface area contributed by atoms with E-state index in [4.69, 9.17) is 9.26 Å². The van der Waals surface area contributed by atoms with Crippen molar-refractivity contribution >= 4 is 22.9 Å². The number of aryl methyl sites for hydroxylation is 1. The van der Waals surface area contributed by atoms with Crippen molar-refractivity contribution in [2.75, 3.05) is 0 Å². The Morgan fingerprint density at radius 1 is 1.04 bits per heavy atom. The molecule has 0 aliphatic heterocycles. The van der Waals surface area contributed by atoms with Crippen molar-refractivity contribution in [2.45, 2.75) is 13.5 Å². The molecule has 6 heteroatoms. The van der Waals surface area contributed by atoms with Gasteiger partial charge in [-0.05, 0) is 37.3 Å². The van der Waals surface area contributed by atoms with Gasteiger partial charge < -0.3 is 9.26 Å². The van der Waals surface area contributed by atoms with Gasteiger partial charge in [-0.1, -0.05) is 47.1 Å². The molecule has 0 unspecified atom stereocenters. The van der Waals surface area contributed by atoms with Crippen LogP contribution in [-0.4, -0.2) is 21.1 Å². The van der Waals surface area contributed by atoms with E-state index in [-0.39, 0.29) is 6.61 Å². The summed E-state index contributed by atoms with van der Waals surface area (Å²) in [6, 6.07) is 19.3. The minimum Gasteiger partial charge on any atom is -0.454 e.